The highest BCUT2D eigenvalue weighted by atomic mass is 16.5. The van der Waals surface area contributed by atoms with E-state index >= 15 is 0 Å². The van der Waals surface area contributed by atoms with Gasteiger partial charge in [0.2, 0.25) is 0 Å². The summed E-state index contributed by atoms with van der Waals surface area (Å²) in [7, 11) is 3.50. The summed E-state index contributed by atoms with van der Waals surface area (Å²) >= 11 is 0. The minimum atomic E-state index is -0.240. The number of aromatic nitrogens is 4. The fraction of sp³-hybridized carbons (Fsp3) is 0.273. The summed E-state index contributed by atoms with van der Waals surface area (Å²) in [5.74, 6) is 4.21. The first-order valence-corrected chi connectivity index (χ1v) is 9.38. The van der Waals surface area contributed by atoms with E-state index in [4.69, 9.17) is 22.3 Å². The third-order valence-corrected chi connectivity index (χ3v) is 4.99. The minimum absolute atomic E-state index is 0.240. The normalized spacial score (nSPS) is 11.6. The van der Waals surface area contributed by atoms with Gasteiger partial charge in [-0.05, 0) is 32.4 Å². The number of nitrogen functional groups attached to an aromatic ring is 1. The van der Waals surface area contributed by atoms with Crippen molar-refractivity contribution in [2.45, 2.75) is 26.8 Å². The number of hydrogen-bond acceptors (Lipinski definition) is 7. The molecule has 8 heteroatoms. The molecule has 30 heavy (non-hydrogen) atoms. The van der Waals surface area contributed by atoms with E-state index in [9.17, 15) is 0 Å². The third kappa shape index (κ3) is 3.70. The van der Waals surface area contributed by atoms with Crippen molar-refractivity contribution in [2.24, 2.45) is 7.05 Å². The molecule has 1 atom stereocenters. The second kappa shape index (κ2) is 8.25. The van der Waals surface area contributed by atoms with Crippen molar-refractivity contribution in [3.63, 3.8) is 0 Å². The minimum Gasteiger partial charge on any atom is -0.496 e. The number of terminal acetylenes is 1. The summed E-state index contributed by atoms with van der Waals surface area (Å²) in [4.78, 5) is 8.28. The number of anilines is 2. The van der Waals surface area contributed by atoms with Crippen molar-refractivity contribution in [1.82, 2.24) is 19.7 Å². The van der Waals surface area contributed by atoms with Crippen LogP contribution in [0.15, 0.2) is 24.8 Å². The highest BCUT2D eigenvalue weighted by Gasteiger charge is 2.23. The van der Waals surface area contributed by atoms with Crippen LogP contribution in [0.25, 0.3) is 11.1 Å². The number of nitrogens with zero attached hydrogens (tertiary/aromatic N) is 4. The average molecular weight is 403 g/mol. The van der Waals surface area contributed by atoms with E-state index < -0.39 is 0 Å². The number of nitrogens with one attached hydrogen (secondary N) is 2. The van der Waals surface area contributed by atoms with Crippen LogP contribution < -0.4 is 15.8 Å². The molecule has 0 fully saturated rings. The zero-order chi connectivity index (χ0) is 22.0. The van der Waals surface area contributed by atoms with E-state index in [1.165, 1.54) is 6.33 Å². The van der Waals surface area contributed by atoms with Gasteiger partial charge in [-0.2, -0.15) is 5.10 Å². The third-order valence-electron chi connectivity index (χ3n) is 4.99. The highest BCUT2D eigenvalue weighted by Crippen LogP contribution is 2.41. The number of methoxy groups -OCH3 is 1. The van der Waals surface area contributed by atoms with E-state index in [2.05, 4.69) is 26.3 Å². The van der Waals surface area contributed by atoms with Gasteiger partial charge in [-0.25, -0.2) is 9.97 Å². The summed E-state index contributed by atoms with van der Waals surface area (Å²) in [6, 6.07) is 1.70. The van der Waals surface area contributed by atoms with E-state index in [1.807, 2.05) is 33.2 Å². The molecular formula is C22H25N7O. The Morgan fingerprint density at radius 3 is 2.70 bits per heavy atom. The lowest BCUT2D eigenvalue weighted by molar-refractivity contribution is 0.409. The maximum atomic E-state index is 8.02. The molecule has 0 aliphatic rings. The number of ether oxygens (including phenoxy) is 1. The number of rotatable bonds is 6. The van der Waals surface area contributed by atoms with Crippen LogP contribution >= 0.6 is 0 Å². The Labute approximate surface area is 176 Å². The first-order chi connectivity index (χ1) is 14.3. The van der Waals surface area contributed by atoms with Crippen molar-refractivity contribution in [3.8, 4) is 29.2 Å². The first-order valence-electron chi connectivity index (χ1n) is 9.38. The van der Waals surface area contributed by atoms with Gasteiger partial charge in [0.1, 0.15) is 23.7 Å². The average Bonchev–Trinajstić information content (AvgIpc) is 3.12. The van der Waals surface area contributed by atoms with Crippen LogP contribution in [-0.4, -0.2) is 32.6 Å². The van der Waals surface area contributed by atoms with Crippen LogP contribution in [0.1, 0.15) is 42.1 Å². The summed E-state index contributed by atoms with van der Waals surface area (Å²) in [5.41, 5.74) is 11.1. The first kappa shape index (κ1) is 20.9. The molecule has 3 aromatic rings. The Hall–Kier alpha value is -3.86. The topological polar surface area (TPSA) is 115 Å². The maximum Gasteiger partial charge on any atom is 0.141 e. The van der Waals surface area contributed by atoms with Crippen LogP contribution in [0.5, 0.6) is 5.75 Å². The van der Waals surface area contributed by atoms with Crippen molar-refractivity contribution in [3.05, 3.63) is 47.0 Å². The maximum absolute atomic E-state index is 8.02. The quantitative estimate of drug-likeness (QED) is 0.430. The predicted octanol–water partition coefficient (Wildman–Crippen LogP) is 3.32. The van der Waals surface area contributed by atoms with Gasteiger partial charge in [-0.3, -0.25) is 4.68 Å². The molecular weight excluding hydrogens is 378 g/mol. The molecule has 4 N–H and O–H groups in total. The van der Waals surface area contributed by atoms with E-state index in [1.54, 1.807) is 24.9 Å². The van der Waals surface area contributed by atoms with E-state index in [-0.39, 0.29) is 17.6 Å². The smallest absolute Gasteiger partial charge is 0.141 e. The molecule has 0 radical (unpaired) electrons. The Kier molecular flexibility index (Phi) is 5.74. The predicted molar refractivity (Wildman–Crippen MR) is 119 cm³/mol. The molecule has 3 rings (SSSR count). The summed E-state index contributed by atoms with van der Waals surface area (Å²) in [6.07, 6.45) is 10.9. The number of aryl methyl sites for hydroxylation is 1. The van der Waals surface area contributed by atoms with Gasteiger partial charge in [0.25, 0.3) is 0 Å². The van der Waals surface area contributed by atoms with Gasteiger partial charge in [-0.1, -0.05) is 5.92 Å². The Morgan fingerprint density at radius 2 is 2.13 bits per heavy atom. The van der Waals surface area contributed by atoms with Gasteiger partial charge in [-0.15, -0.1) is 6.42 Å². The molecule has 0 aliphatic carbocycles. The molecule has 1 unspecified atom stereocenters. The number of hydrogen-bond donors (Lipinski definition) is 3. The van der Waals surface area contributed by atoms with Crippen LogP contribution in [0.4, 0.5) is 11.6 Å². The van der Waals surface area contributed by atoms with Crippen molar-refractivity contribution < 1.29 is 4.74 Å². The molecule has 154 valence electrons. The summed E-state index contributed by atoms with van der Waals surface area (Å²) < 4.78 is 7.57. The summed E-state index contributed by atoms with van der Waals surface area (Å²) in [5, 5.41) is 15.6. The SMILES string of the molecule is C#Cc1cc(C(C)Nc2ncnc(N)c2C(C)=N)c(OC)c(-c2cnn(C)c2)c1C. The molecule has 2 heterocycles. The molecule has 2 aromatic heterocycles. The fourth-order valence-electron chi connectivity index (χ4n) is 3.53. The van der Waals surface area contributed by atoms with Crippen molar-refractivity contribution >= 4 is 17.3 Å². The van der Waals surface area contributed by atoms with E-state index in [0.717, 1.165) is 27.8 Å². The Morgan fingerprint density at radius 1 is 1.40 bits per heavy atom. The molecule has 0 bridgehead atoms. The van der Waals surface area contributed by atoms with Crippen LogP contribution in [0.2, 0.25) is 0 Å². The molecule has 0 saturated carbocycles. The second-order valence-electron chi connectivity index (χ2n) is 7.07. The van der Waals surface area contributed by atoms with E-state index in [0.29, 0.717) is 17.1 Å². The van der Waals surface area contributed by atoms with Crippen LogP contribution in [-0.2, 0) is 7.05 Å². The highest BCUT2D eigenvalue weighted by molar-refractivity contribution is 6.04. The molecule has 8 nitrogen and oxygen atoms in total. The van der Waals surface area contributed by atoms with Gasteiger partial charge >= 0.3 is 0 Å². The lowest BCUT2D eigenvalue weighted by Crippen LogP contribution is -2.15. The van der Waals surface area contributed by atoms with Crippen molar-refractivity contribution in [1.29, 1.82) is 5.41 Å². The monoisotopic (exact) mass is 403 g/mol. The second-order valence-corrected chi connectivity index (χ2v) is 7.07. The van der Waals surface area contributed by atoms with Gasteiger partial charge in [0.05, 0.1) is 24.9 Å². The van der Waals surface area contributed by atoms with Gasteiger partial charge < -0.3 is 21.2 Å². The standard InChI is InChI=1S/C22H25N7O/c1-7-15-8-17(14(4)28-22-19(13(3)23)21(24)25-11-26-22)20(30-6)18(12(15)2)16-9-27-29(5)10-16/h1,8-11,14,23H,2-6H3,(H3,24,25,26,28). The lowest BCUT2D eigenvalue weighted by atomic mass is 9.91. The molecule has 0 saturated heterocycles. The Bertz CT molecular complexity index is 1160. The van der Waals surface area contributed by atoms with Crippen LogP contribution in [0, 0.1) is 24.7 Å². The molecule has 0 aliphatic heterocycles. The van der Waals surface area contributed by atoms with Crippen molar-refractivity contribution in [2.75, 3.05) is 18.2 Å². The number of benzene rings is 1. The zero-order valence-electron chi connectivity index (χ0n) is 17.7. The molecule has 0 spiro atoms. The lowest BCUT2D eigenvalue weighted by Gasteiger charge is -2.23. The fourth-order valence-corrected chi connectivity index (χ4v) is 3.53. The largest absolute Gasteiger partial charge is 0.496 e. The van der Waals surface area contributed by atoms with Crippen LogP contribution in [0.3, 0.4) is 0 Å². The van der Waals surface area contributed by atoms with Gasteiger partial charge in [0, 0.05) is 41.2 Å². The summed E-state index contributed by atoms with van der Waals surface area (Å²) in [6.45, 7) is 5.60. The van der Waals surface area contributed by atoms with Gasteiger partial charge in [0.15, 0.2) is 0 Å². The molecule has 1 aromatic carbocycles. The zero-order valence-corrected chi connectivity index (χ0v) is 17.7. The molecule has 0 amide bonds. The number of nitrogens with two attached hydrogens (primary N) is 1. The Balaban J connectivity index is 2.16.